The first-order valence-electron chi connectivity index (χ1n) is 11.9. The Morgan fingerprint density at radius 2 is 1.85 bits per heavy atom. The molecule has 1 saturated carbocycles. The highest BCUT2D eigenvalue weighted by Crippen LogP contribution is 2.38. The summed E-state index contributed by atoms with van der Waals surface area (Å²) in [4.78, 5) is 44.3. The summed E-state index contributed by atoms with van der Waals surface area (Å²) in [5, 5.41) is 0. The van der Waals surface area contributed by atoms with Gasteiger partial charge in [0.1, 0.15) is 6.17 Å². The van der Waals surface area contributed by atoms with E-state index in [-0.39, 0.29) is 47.3 Å². The second-order valence-electron chi connectivity index (χ2n) is 9.56. The second kappa shape index (κ2) is 8.78. The first-order chi connectivity index (χ1) is 16.0. The fraction of sp³-hybridized carbons (Fsp3) is 0.500. The van der Waals surface area contributed by atoms with Crippen LogP contribution >= 0.6 is 0 Å². The molecule has 1 aromatic heterocycles. The standard InChI is InChI=1S/C26H31N3O4/c1-27-14-18-10-6-7-11-20(18)29-22(27)16-28-15-19(24(31)25(33-2)23(28)26(29)32)21(30)13-12-17-8-4-3-5-9-17/h3-5,8-9,15,18,20,22H,6-7,10-14,16H2,1-2H3/t18-,20-,22-/m0/s1. The molecule has 1 saturated heterocycles. The van der Waals surface area contributed by atoms with Crippen molar-refractivity contribution in [1.82, 2.24) is 14.4 Å². The molecular formula is C26H31N3O4. The average molecular weight is 450 g/mol. The van der Waals surface area contributed by atoms with Gasteiger partial charge in [0.2, 0.25) is 5.43 Å². The Balaban J connectivity index is 1.49. The minimum atomic E-state index is -0.487. The Hall–Kier alpha value is -2.93. The van der Waals surface area contributed by atoms with Crippen molar-refractivity contribution in [2.24, 2.45) is 5.92 Å². The zero-order chi connectivity index (χ0) is 23.1. The van der Waals surface area contributed by atoms with E-state index in [0.29, 0.717) is 18.9 Å². The number of amides is 1. The van der Waals surface area contributed by atoms with Crippen molar-refractivity contribution >= 4 is 11.7 Å². The molecule has 0 radical (unpaired) electrons. The van der Waals surface area contributed by atoms with Crippen LogP contribution in [0.4, 0.5) is 0 Å². The maximum absolute atomic E-state index is 13.7. The molecule has 3 aliphatic rings. The van der Waals surface area contributed by atoms with Crippen molar-refractivity contribution < 1.29 is 14.3 Å². The van der Waals surface area contributed by atoms with E-state index in [1.54, 1.807) is 10.8 Å². The molecule has 7 heteroatoms. The fourth-order valence-electron chi connectivity index (χ4n) is 5.93. The lowest BCUT2D eigenvalue weighted by atomic mass is 9.80. The Labute approximate surface area is 193 Å². The maximum atomic E-state index is 13.7. The van der Waals surface area contributed by atoms with Gasteiger partial charge in [0, 0.05) is 25.2 Å². The van der Waals surface area contributed by atoms with E-state index in [9.17, 15) is 14.4 Å². The minimum Gasteiger partial charge on any atom is -0.491 e. The quantitative estimate of drug-likeness (QED) is 0.657. The number of methoxy groups -OCH3 is 1. The van der Waals surface area contributed by atoms with Gasteiger partial charge in [-0.25, -0.2) is 0 Å². The van der Waals surface area contributed by atoms with Crippen molar-refractivity contribution in [2.75, 3.05) is 20.7 Å². The van der Waals surface area contributed by atoms with Crippen molar-refractivity contribution in [1.29, 1.82) is 0 Å². The van der Waals surface area contributed by atoms with Gasteiger partial charge in [0.05, 0.1) is 19.2 Å². The number of likely N-dealkylation sites (N-methyl/N-ethyl adjacent to an activating group) is 1. The lowest BCUT2D eigenvalue weighted by molar-refractivity contribution is -0.0628. The molecule has 0 N–H and O–H groups in total. The second-order valence-corrected chi connectivity index (χ2v) is 9.56. The molecule has 3 heterocycles. The van der Waals surface area contributed by atoms with E-state index in [4.69, 9.17) is 4.74 Å². The third-order valence-corrected chi connectivity index (χ3v) is 7.60. The predicted molar refractivity (Wildman–Crippen MR) is 125 cm³/mol. The molecule has 1 aromatic carbocycles. The third kappa shape index (κ3) is 3.78. The number of fused-ring (bicyclic) bond motifs is 4. The van der Waals surface area contributed by atoms with Gasteiger partial charge in [-0.1, -0.05) is 43.2 Å². The van der Waals surface area contributed by atoms with Gasteiger partial charge in [-0.2, -0.15) is 0 Å². The van der Waals surface area contributed by atoms with Gasteiger partial charge >= 0.3 is 0 Å². The minimum absolute atomic E-state index is 0.00963. The topological polar surface area (TPSA) is 71.8 Å². The number of Topliss-reactive ketones (excluding diaryl/α,β-unsaturated/α-hetero) is 1. The molecule has 7 nitrogen and oxygen atoms in total. The van der Waals surface area contributed by atoms with Crippen LogP contribution in [-0.4, -0.2) is 59.0 Å². The van der Waals surface area contributed by atoms with Crippen LogP contribution in [-0.2, 0) is 13.0 Å². The van der Waals surface area contributed by atoms with Crippen LogP contribution in [0.2, 0.25) is 0 Å². The van der Waals surface area contributed by atoms with Crippen LogP contribution in [0.15, 0.2) is 41.3 Å². The Bertz CT molecular complexity index is 1130. The number of benzene rings is 1. The number of rotatable bonds is 5. The van der Waals surface area contributed by atoms with Crippen LogP contribution in [0.3, 0.4) is 0 Å². The highest BCUT2D eigenvalue weighted by molar-refractivity contribution is 6.00. The van der Waals surface area contributed by atoms with Crippen molar-refractivity contribution in [3.8, 4) is 5.75 Å². The van der Waals surface area contributed by atoms with Gasteiger partial charge in [-0.15, -0.1) is 0 Å². The average Bonchev–Trinajstić information content (AvgIpc) is 2.83. The van der Waals surface area contributed by atoms with Crippen LogP contribution in [0.25, 0.3) is 0 Å². The van der Waals surface area contributed by atoms with E-state index in [0.717, 1.165) is 31.4 Å². The Morgan fingerprint density at radius 1 is 1.09 bits per heavy atom. The van der Waals surface area contributed by atoms with Crippen molar-refractivity contribution in [2.45, 2.75) is 57.3 Å². The van der Waals surface area contributed by atoms with Gasteiger partial charge in [0.15, 0.2) is 17.2 Å². The van der Waals surface area contributed by atoms with E-state index in [2.05, 4.69) is 11.9 Å². The largest absolute Gasteiger partial charge is 0.491 e. The molecule has 2 aliphatic heterocycles. The number of hydrogen-bond acceptors (Lipinski definition) is 5. The van der Waals surface area contributed by atoms with Crippen LogP contribution in [0, 0.1) is 5.92 Å². The number of nitrogens with zero attached hydrogens (tertiary/aromatic N) is 3. The first-order valence-corrected chi connectivity index (χ1v) is 11.9. The van der Waals surface area contributed by atoms with Gasteiger partial charge < -0.3 is 14.2 Å². The lowest BCUT2D eigenvalue weighted by Gasteiger charge is -2.54. The number of pyridine rings is 1. The predicted octanol–water partition coefficient (Wildman–Crippen LogP) is 2.96. The molecule has 5 rings (SSSR count). The van der Waals surface area contributed by atoms with Crippen LogP contribution in [0.5, 0.6) is 5.75 Å². The molecule has 2 fully saturated rings. The number of ketones is 1. The zero-order valence-electron chi connectivity index (χ0n) is 19.3. The summed E-state index contributed by atoms with van der Waals surface area (Å²) in [6, 6.07) is 9.95. The van der Waals surface area contributed by atoms with E-state index in [1.165, 1.54) is 13.5 Å². The zero-order valence-corrected chi connectivity index (χ0v) is 19.3. The normalized spacial score (nSPS) is 24.6. The van der Waals surface area contributed by atoms with Crippen LogP contribution < -0.4 is 10.2 Å². The van der Waals surface area contributed by atoms with Gasteiger partial charge in [0.25, 0.3) is 5.91 Å². The van der Waals surface area contributed by atoms with Gasteiger partial charge in [-0.3, -0.25) is 19.3 Å². The molecule has 0 spiro atoms. The molecule has 2 aromatic rings. The molecule has 1 aliphatic carbocycles. The summed E-state index contributed by atoms with van der Waals surface area (Å²) in [6.45, 7) is 1.49. The third-order valence-electron chi connectivity index (χ3n) is 7.60. The number of ether oxygens (including phenoxy) is 1. The summed E-state index contributed by atoms with van der Waals surface area (Å²) >= 11 is 0. The first kappa shape index (κ1) is 21.9. The molecule has 0 unspecified atom stereocenters. The maximum Gasteiger partial charge on any atom is 0.276 e. The molecule has 0 bridgehead atoms. The number of aromatic nitrogens is 1. The van der Waals surface area contributed by atoms with E-state index < -0.39 is 5.43 Å². The summed E-state index contributed by atoms with van der Waals surface area (Å²) in [7, 11) is 3.47. The smallest absolute Gasteiger partial charge is 0.276 e. The summed E-state index contributed by atoms with van der Waals surface area (Å²) in [6.07, 6.45) is 6.76. The number of aryl methyl sites for hydroxylation is 1. The van der Waals surface area contributed by atoms with E-state index >= 15 is 0 Å². The van der Waals surface area contributed by atoms with Crippen molar-refractivity contribution in [3.05, 3.63) is 63.6 Å². The summed E-state index contributed by atoms with van der Waals surface area (Å²) in [5.41, 5.74) is 0.937. The summed E-state index contributed by atoms with van der Waals surface area (Å²) in [5.74, 6) is 0.0697. The van der Waals surface area contributed by atoms with Gasteiger partial charge in [-0.05, 0) is 37.8 Å². The number of carbonyl (C=O) groups excluding carboxylic acids is 2. The highest BCUT2D eigenvalue weighted by Gasteiger charge is 2.47. The number of hydrogen-bond donors (Lipinski definition) is 0. The fourth-order valence-corrected chi connectivity index (χ4v) is 5.93. The van der Waals surface area contributed by atoms with Crippen LogP contribution in [0.1, 0.15) is 58.5 Å². The molecule has 3 atom stereocenters. The summed E-state index contributed by atoms with van der Waals surface area (Å²) < 4.78 is 7.24. The molecule has 33 heavy (non-hydrogen) atoms. The molecular weight excluding hydrogens is 418 g/mol. The lowest BCUT2D eigenvalue weighted by Crippen LogP contribution is -2.66. The van der Waals surface area contributed by atoms with Crippen molar-refractivity contribution in [3.63, 3.8) is 0 Å². The Kier molecular flexibility index (Phi) is 5.83. The molecule has 1 amide bonds. The van der Waals surface area contributed by atoms with E-state index in [1.807, 2.05) is 35.2 Å². The monoisotopic (exact) mass is 449 g/mol. The molecule has 174 valence electrons. The Morgan fingerprint density at radius 3 is 2.61 bits per heavy atom. The highest BCUT2D eigenvalue weighted by atomic mass is 16.5. The SMILES string of the molecule is COc1c2n(cc(C(=O)CCc3ccccc3)c1=O)C[C@H]1N(C)C[C@@H]3CCCC[C@@H]3N1C2=O. The number of carbonyl (C=O) groups is 2.